The standard InChI is InChI=1S/C15H19BrF2O2/c1-13(2)8-15(19,14(3,4)20-13)7-9-11(17)6-5-10(16)12(9)18/h5-6,19H,7-8H2,1-4H3. The minimum absolute atomic E-state index is 0.115. The van der Waals surface area contributed by atoms with E-state index in [1.807, 2.05) is 13.8 Å². The predicted molar refractivity (Wildman–Crippen MR) is 76.6 cm³/mol. The van der Waals surface area contributed by atoms with E-state index in [9.17, 15) is 13.9 Å². The summed E-state index contributed by atoms with van der Waals surface area (Å²) in [5, 5.41) is 10.9. The lowest BCUT2D eigenvalue weighted by Crippen LogP contribution is -2.48. The van der Waals surface area contributed by atoms with Gasteiger partial charge in [0.15, 0.2) is 0 Å². The molecule has 0 bridgehead atoms. The van der Waals surface area contributed by atoms with Gasteiger partial charge in [-0.05, 0) is 55.8 Å². The first kappa shape index (κ1) is 15.9. The molecule has 0 saturated carbocycles. The topological polar surface area (TPSA) is 29.5 Å². The molecule has 1 N–H and O–H groups in total. The molecule has 112 valence electrons. The van der Waals surface area contributed by atoms with Crippen molar-refractivity contribution in [2.75, 3.05) is 0 Å². The van der Waals surface area contributed by atoms with E-state index in [4.69, 9.17) is 4.74 Å². The molecule has 1 fully saturated rings. The maximum Gasteiger partial charge on any atom is 0.143 e. The normalized spacial score (nSPS) is 27.8. The van der Waals surface area contributed by atoms with Crippen molar-refractivity contribution in [1.82, 2.24) is 0 Å². The van der Waals surface area contributed by atoms with Gasteiger partial charge in [-0.1, -0.05) is 0 Å². The molecule has 1 atom stereocenters. The molecular formula is C15H19BrF2O2. The van der Waals surface area contributed by atoms with Crippen LogP contribution in [0.5, 0.6) is 0 Å². The molecule has 5 heteroatoms. The second-order valence-electron chi connectivity index (χ2n) is 6.58. The minimum Gasteiger partial charge on any atom is -0.386 e. The zero-order chi connectivity index (χ0) is 15.3. The van der Waals surface area contributed by atoms with Crippen LogP contribution in [0.25, 0.3) is 0 Å². The molecule has 1 aliphatic heterocycles. The molecule has 1 heterocycles. The summed E-state index contributed by atoms with van der Waals surface area (Å²) in [6.07, 6.45) is 0.193. The molecule has 0 aliphatic carbocycles. The number of benzene rings is 1. The van der Waals surface area contributed by atoms with E-state index in [1.165, 1.54) is 12.1 Å². The molecule has 20 heavy (non-hydrogen) atoms. The lowest BCUT2D eigenvalue weighted by molar-refractivity contribution is -0.126. The Kier molecular flexibility index (Phi) is 3.77. The van der Waals surface area contributed by atoms with Crippen molar-refractivity contribution in [1.29, 1.82) is 0 Å². The van der Waals surface area contributed by atoms with Crippen molar-refractivity contribution >= 4 is 15.9 Å². The molecule has 1 aromatic carbocycles. The van der Waals surface area contributed by atoms with Crippen LogP contribution >= 0.6 is 15.9 Å². The molecule has 1 aromatic rings. The minimum atomic E-state index is -1.32. The van der Waals surface area contributed by atoms with E-state index in [-0.39, 0.29) is 16.5 Å². The van der Waals surface area contributed by atoms with Gasteiger partial charge in [-0.25, -0.2) is 8.78 Å². The van der Waals surface area contributed by atoms with Gasteiger partial charge in [-0.15, -0.1) is 0 Å². The maximum atomic E-state index is 14.1. The Hall–Kier alpha value is -0.520. The fraction of sp³-hybridized carbons (Fsp3) is 0.600. The summed E-state index contributed by atoms with van der Waals surface area (Å²) in [4.78, 5) is 0. The van der Waals surface area contributed by atoms with Crippen molar-refractivity contribution in [3.8, 4) is 0 Å². The van der Waals surface area contributed by atoms with Gasteiger partial charge in [-0.2, -0.15) is 0 Å². The zero-order valence-electron chi connectivity index (χ0n) is 12.1. The van der Waals surface area contributed by atoms with Crippen molar-refractivity contribution in [2.24, 2.45) is 0 Å². The third kappa shape index (κ3) is 2.63. The van der Waals surface area contributed by atoms with Crippen molar-refractivity contribution in [3.05, 3.63) is 33.8 Å². The van der Waals surface area contributed by atoms with Gasteiger partial charge in [-0.3, -0.25) is 0 Å². The van der Waals surface area contributed by atoms with Crippen LogP contribution in [-0.2, 0) is 11.2 Å². The average Bonchev–Trinajstić information content (AvgIpc) is 2.43. The van der Waals surface area contributed by atoms with Gasteiger partial charge in [0.2, 0.25) is 0 Å². The predicted octanol–water partition coefficient (Wildman–Crippen LogP) is 3.98. The third-order valence-electron chi connectivity index (χ3n) is 3.98. The van der Waals surface area contributed by atoms with Gasteiger partial charge in [0.25, 0.3) is 0 Å². The number of ether oxygens (including phenoxy) is 1. The number of rotatable bonds is 2. The fourth-order valence-electron chi connectivity index (χ4n) is 3.04. The third-order valence-corrected chi connectivity index (χ3v) is 4.59. The molecule has 2 rings (SSSR count). The van der Waals surface area contributed by atoms with Crippen molar-refractivity contribution < 1.29 is 18.6 Å². The van der Waals surface area contributed by atoms with Gasteiger partial charge in [0, 0.05) is 18.4 Å². The largest absolute Gasteiger partial charge is 0.386 e. The number of aliphatic hydroxyl groups is 1. The Morgan fingerprint density at radius 2 is 1.85 bits per heavy atom. The van der Waals surface area contributed by atoms with Crippen LogP contribution in [0, 0.1) is 11.6 Å². The van der Waals surface area contributed by atoms with Crippen LogP contribution in [0.1, 0.15) is 39.7 Å². The summed E-state index contributed by atoms with van der Waals surface area (Å²) in [5.74, 6) is -1.32. The highest BCUT2D eigenvalue weighted by Gasteiger charge is 2.56. The van der Waals surface area contributed by atoms with Crippen LogP contribution in [-0.4, -0.2) is 21.9 Å². The summed E-state index contributed by atoms with van der Waals surface area (Å²) >= 11 is 3.04. The molecule has 0 spiro atoms. The molecule has 1 unspecified atom stereocenters. The Morgan fingerprint density at radius 1 is 1.25 bits per heavy atom. The average molecular weight is 349 g/mol. The van der Waals surface area contributed by atoms with Crippen LogP contribution in [0.3, 0.4) is 0 Å². The quantitative estimate of drug-likeness (QED) is 0.819. The van der Waals surface area contributed by atoms with Crippen LogP contribution in [0.2, 0.25) is 0 Å². The Balaban J connectivity index is 2.42. The van der Waals surface area contributed by atoms with E-state index < -0.39 is 28.4 Å². The maximum absolute atomic E-state index is 14.1. The summed E-state index contributed by atoms with van der Waals surface area (Å²) in [6, 6.07) is 2.51. The Morgan fingerprint density at radius 3 is 2.35 bits per heavy atom. The van der Waals surface area contributed by atoms with E-state index in [0.717, 1.165) is 0 Å². The van der Waals surface area contributed by atoms with E-state index >= 15 is 0 Å². The van der Waals surface area contributed by atoms with Crippen LogP contribution in [0.4, 0.5) is 8.78 Å². The summed E-state index contributed by atoms with van der Waals surface area (Å²) in [6.45, 7) is 7.21. The van der Waals surface area contributed by atoms with E-state index in [2.05, 4.69) is 15.9 Å². The highest BCUT2D eigenvalue weighted by atomic mass is 79.9. The first-order valence-electron chi connectivity index (χ1n) is 6.52. The van der Waals surface area contributed by atoms with Gasteiger partial charge in [0.1, 0.15) is 11.6 Å². The molecular weight excluding hydrogens is 330 g/mol. The van der Waals surface area contributed by atoms with Gasteiger partial charge < -0.3 is 9.84 Å². The Bertz CT molecular complexity index is 543. The molecule has 0 aromatic heterocycles. The second-order valence-corrected chi connectivity index (χ2v) is 7.43. The molecule has 1 aliphatic rings. The second kappa shape index (κ2) is 4.75. The molecule has 0 radical (unpaired) electrons. The van der Waals surface area contributed by atoms with Crippen LogP contribution in [0.15, 0.2) is 16.6 Å². The fourth-order valence-corrected chi connectivity index (χ4v) is 3.41. The number of hydrogen-bond acceptors (Lipinski definition) is 2. The smallest absolute Gasteiger partial charge is 0.143 e. The van der Waals surface area contributed by atoms with Crippen molar-refractivity contribution in [2.45, 2.75) is 57.3 Å². The molecule has 0 amide bonds. The highest BCUT2D eigenvalue weighted by Crippen LogP contribution is 2.47. The van der Waals surface area contributed by atoms with E-state index in [1.54, 1.807) is 13.8 Å². The van der Waals surface area contributed by atoms with Gasteiger partial charge >= 0.3 is 0 Å². The van der Waals surface area contributed by atoms with Crippen LogP contribution < -0.4 is 0 Å². The summed E-state index contributed by atoms with van der Waals surface area (Å²) in [7, 11) is 0. The first-order valence-corrected chi connectivity index (χ1v) is 7.32. The lowest BCUT2D eigenvalue weighted by Gasteiger charge is -2.35. The lowest BCUT2D eigenvalue weighted by atomic mass is 9.78. The zero-order valence-corrected chi connectivity index (χ0v) is 13.6. The molecule has 2 nitrogen and oxygen atoms in total. The van der Waals surface area contributed by atoms with Gasteiger partial charge in [0.05, 0.1) is 21.3 Å². The summed E-state index contributed by atoms with van der Waals surface area (Å²) in [5.41, 5.74) is -2.84. The van der Waals surface area contributed by atoms with E-state index in [0.29, 0.717) is 6.42 Å². The summed E-state index contributed by atoms with van der Waals surface area (Å²) < 4.78 is 34.0. The molecule has 1 saturated heterocycles. The monoisotopic (exact) mass is 348 g/mol. The highest BCUT2D eigenvalue weighted by molar-refractivity contribution is 9.10. The first-order chi connectivity index (χ1) is 8.97. The van der Waals surface area contributed by atoms with Crippen molar-refractivity contribution in [3.63, 3.8) is 0 Å². The number of halogens is 3. The SMILES string of the molecule is CC1(C)CC(O)(Cc2c(F)ccc(Br)c2F)C(C)(C)O1. The number of hydrogen-bond donors (Lipinski definition) is 1. The Labute approximate surface area is 126 Å².